The van der Waals surface area contributed by atoms with Crippen molar-refractivity contribution >= 4 is 65.0 Å². The van der Waals surface area contributed by atoms with Gasteiger partial charge in [0.05, 0.1) is 5.39 Å². The summed E-state index contributed by atoms with van der Waals surface area (Å²) in [6, 6.07) is 41.3. The Kier molecular flexibility index (Phi) is 6.47. The maximum atomic E-state index is 11.8. The van der Waals surface area contributed by atoms with Crippen LogP contribution in [-0.4, -0.2) is 35.7 Å². The molecule has 8 heteroatoms. The molecule has 10 rings (SSSR count). The Morgan fingerprint density at radius 3 is 1.67 bits per heavy atom. The van der Waals surface area contributed by atoms with Crippen LogP contribution in [-0.2, 0) is 0 Å². The molecule has 8 nitrogen and oxygen atoms in total. The minimum atomic E-state index is -1.10. The van der Waals surface area contributed by atoms with Gasteiger partial charge in [-0.05, 0) is 67.4 Å². The van der Waals surface area contributed by atoms with Crippen molar-refractivity contribution < 1.29 is 40.2 Å². The molecule has 9 aromatic carbocycles. The molecule has 1 aromatic heterocycles. The number of phenols is 7. The SMILES string of the molecule is Oc1c(O)c(O)c2c(-c3c4ccccc4c(-c4cccc5oc6c7ccccc7ccc6c45)c4ccc(-c5ccccc5)cc34)c(O)c(O)c(O)c2c1O. The van der Waals surface area contributed by atoms with E-state index in [9.17, 15) is 35.7 Å². The fraction of sp³-hybridized carbons (Fsp3) is 0. The standard InChI is InChI=1S/C46H28O8/c47-39-36(37-38(41(49)43(39)51)42(50)45(53)44(52)40(37)48)35-27-14-7-6-13-26(27)33(28-19-18-24(21-31(28)35)22-9-2-1-3-10-22)29-15-8-16-32-34(29)30-20-17-23-11-4-5-12-25(23)46(30)54-32/h1-21,47-53H. The van der Waals surface area contributed by atoms with Crippen molar-refractivity contribution in [3.63, 3.8) is 0 Å². The normalized spacial score (nSPS) is 11.9. The van der Waals surface area contributed by atoms with Crippen molar-refractivity contribution in [2.24, 2.45) is 0 Å². The highest BCUT2D eigenvalue weighted by atomic mass is 16.4. The summed E-state index contributed by atoms with van der Waals surface area (Å²) in [7, 11) is 0. The largest absolute Gasteiger partial charge is 0.504 e. The molecule has 54 heavy (non-hydrogen) atoms. The van der Waals surface area contributed by atoms with Crippen LogP contribution < -0.4 is 0 Å². The smallest absolute Gasteiger partial charge is 0.205 e. The van der Waals surface area contributed by atoms with E-state index in [0.717, 1.165) is 60.2 Å². The molecule has 1 heterocycles. The van der Waals surface area contributed by atoms with Crippen LogP contribution in [0.25, 0.3) is 98.4 Å². The van der Waals surface area contributed by atoms with Crippen molar-refractivity contribution in [2.75, 3.05) is 0 Å². The first-order chi connectivity index (χ1) is 26.2. The molecule has 0 bridgehead atoms. The van der Waals surface area contributed by atoms with Gasteiger partial charge >= 0.3 is 0 Å². The lowest BCUT2D eigenvalue weighted by Crippen LogP contribution is -1.94. The van der Waals surface area contributed by atoms with Gasteiger partial charge < -0.3 is 40.2 Å². The molecule has 0 saturated carbocycles. The van der Waals surface area contributed by atoms with E-state index in [0.29, 0.717) is 21.9 Å². The van der Waals surface area contributed by atoms with E-state index in [4.69, 9.17) is 4.42 Å². The Hall–Kier alpha value is -7.58. The van der Waals surface area contributed by atoms with Gasteiger partial charge in [0, 0.05) is 32.7 Å². The lowest BCUT2D eigenvalue weighted by molar-refractivity contribution is 0.347. The monoisotopic (exact) mass is 708 g/mol. The topological polar surface area (TPSA) is 155 Å². The Labute approximate surface area is 305 Å². The van der Waals surface area contributed by atoms with Gasteiger partial charge in [0.15, 0.2) is 23.0 Å². The van der Waals surface area contributed by atoms with Crippen LogP contribution in [0.15, 0.2) is 132 Å². The van der Waals surface area contributed by atoms with Gasteiger partial charge in [0.2, 0.25) is 17.2 Å². The molecule has 0 amide bonds. The van der Waals surface area contributed by atoms with Crippen LogP contribution in [0.3, 0.4) is 0 Å². The van der Waals surface area contributed by atoms with E-state index in [-0.39, 0.29) is 10.9 Å². The molecule has 0 radical (unpaired) electrons. The van der Waals surface area contributed by atoms with E-state index in [1.807, 2.05) is 115 Å². The van der Waals surface area contributed by atoms with Gasteiger partial charge in [-0.3, -0.25) is 0 Å². The summed E-state index contributed by atoms with van der Waals surface area (Å²) in [6.07, 6.45) is 0. The molecule has 0 spiro atoms. The van der Waals surface area contributed by atoms with Crippen molar-refractivity contribution in [1.29, 1.82) is 0 Å². The molecule has 7 N–H and O–H groups in total. The zero-order chi connectivity index (χ0) is 37.0. The second-order valence-corrected chi connectivity index (χ2v) is 13.4. The fourth-order valence-corrected chi connectivity index (χ4v) is 8.19. The molecule has 260 valence electrons. The van der Waals surface area contributed by atoms with Crippen molar-refractivity contribution in [1.82, 2.24) is 0 Å². The summed E-state index contributed by atoms with van der Waals surface area (Å²) < 4.78 is 6.58. The summed E-state index contributed by atoms with van der Waals surface area (Å²) in [5.41, 5.74) is 5.07. The van der Waals surface area contributed by atoms with E-state index in [1.165, 1.54) is 0 Å². The van der Waals surface area contributed by atoms with Crippen LogP contribution in [0.1, 0.15) is 0 Å². The van der Waals surface area contributed by atoms with Gasteiger partial charge in [-0.15, -0.1) is 0 Å². The first-order valence-electron chi connectivity index (χ1n) is 17.2. The third-order valence-electron chi connectivity index (χ3n) is 10.6. The number of hydrogen-bond donors (Lipinski definition) is 7. The molecule has 0 aliphatic rings. The number of aromatic hydroxyl groups is 7. The molecule has 0 unspecified atom stereocenters. The zero-order valence-electron chi connectivity index (χ0n) is 28.2. The average Bonchev–Trinajstić information content (AvgIpc) is 3.60. The van der Waals surface area contributed by atoms with E-state index in [1.54, 1.807) is 0 Å². The van der Waals surface area contributed by atoms with Gasteiger partial charge in [-0.2, -0.15) is 0 Å². The van der Waals surface area contributed by atoms with Crippen LogP contribution in [0.5, 0.6) is 40.2 Å². The summed E-state index contributed by atoms with van der Waals surface area (Å²) in [6.45, 7) is 0. The van der Waals surface area contributed by atoms with E-state index < -0.39 is 45.6 Å². The van der Waals surface area contributed by atoms with Crippen LogP contribution in [0, 0.1) is 0 Å². The zero-order valence-corrected chi connectivity index (χ0v) is 28.2. The third-order valence-corrected chi connectivity index (χ3v) is 10.6. The third kappa shape index (κ3) is 4.13. The summed E-state index contributed by atoms with van der Waals surface area (Å²) in [4.78, 5) is 0. The highest BCUT2D eigenvalue weighted by molar-refractivity contribution is 6.29. The Bertz CT molecular complexity index is 3230. The molecule has 0 fully saturated rings. The van der Waals surface area contributed by atoms with Crippen molar-refractivity contribution in [2.45, 2.75) is 0 Å². The van der Waals surface area contributed by atoms with Gasteiger partial charge in [0.25, 0.3) is 0 Å². The number of fused-ring (bicyclic) bond motifs is 8. The summed E-state index contributed by atoms with van der Waals surface area (Å²) in [5.74, 6) is -6.85. The van der Waals surface area contributed by atoms with Crippen LogP contribution in [0.2, 0.25) is 0 Å². The van der Waals surface area contributed by atoms with Gasteiger partial charge in [-0.25, -0.2) is 0 Å². The second kappa shape index (κ2) is 11.2. The van der Waals surface area contributed by atoms with E-state index in [2.05, 4.69) is 12.1 Å². The predicted molar refractivity (Wildman–Crippen MR) is 212 cm³/mol. The molecule has 0 saturated heterocycles. The van der Waals surface area contributed by atoms with Crippen molar-refractivity contribution in [3.05, 3.63) is 127 Å². The number of furan rings is 1. The predicted octanol–water partition coefficient (Wildman–Crippen LogP) is 11.1. The molecule has 10 aromatic rings. The minimum Gasteiger partial charge on any atom is -0.504 e. The molecular weight excluding hydrogens is 680 g/mol. The quantitative estimate of drug-likeness (QED) is 0.0543. The van der Waals surface area contributed by atoms with Crippen LogP contribution >= 0.6 is 0 Å². The Balaban J connectivity index is 1.43. The fourth-order valence-electron chi connectivity index (χ4n) is 8.19. The number of benzene rings is 9. The number of rotatable bonds is 3. The first kappa shape index (κ1) is 31.2. The van der Waals surface area contributed by atoms with E-state index >= 15 is 0 Å². The summed E-state index contributed by atoms with van der Waals surface area (Å²) in [5, 5.41) is 83.1. The molecular formula is C46H28O8. The minimum absolute atomic E-state index is 0.181. The average molecular weight is 709 g/mol. The second-order valence-electron chi connectivity index (χ2n) is 13.4. The highest BCUT2D eigenvalue weighted by Gasteiger charge is 2.31. The first-order valence-corrected chi connectivity index (χ1v) is 17.2. The maximum absolute atomic E-state index is 11.8. The van der Waals surface area contributed by atoms with Gasteiger partial charge in [0.1, 0.15) is 11.2 Å². The van der Waals surface area contributed by atoms with Gasteiger partial charge in [-0.1, -0.05) is 109 Å². The maximum Gasteiger partial charge on any atom is 0.205 e. The Morgan fingerprint density at radius 1 is 0.333 bits per heavy atom. The lowest BCUT2D eigenvalue weighted by Gasteiger charge is -2.22. The van der Waals surface area contributed by atoms with Crippen LogP contribution in [0.4, 0.5) is 0 Å². The highest BCUT2D eigenvalue weighted by Crippen LogP contribution is 2.61. The molecule has 0 aliphatic carbocycles. The van der Waals surface area contributed by atoms with Crippen molar-refractivity contribution in [3.8, 4) is 73.6 Å². The Morgan fingerprint density at radius 2 is 0.926 bits per heavy atom. The number of phenolic OH excluding ortho intramolecular Hbond substituents is 7. The molecule has 0 aliphatic heterocycles. The lowest BCUT2D eigenvalue weighted by atomic mass is 9.82. The summed E-state index contributed by atoms with van der Waals surface area (Å²) >= 11 is 0. The number of hydrogen-bond acceptors (Lipinski definition) is 8. The molecule has 0 atom stereocenters.